The predicted molar refractivity (Wildman–Crippen MR) is 144 cm³/mol. The van der Waals surface area contributed by atoms with Crippen molar-refractivity contribution in [3.8, 4) is 28.5 Å². The van der Waals surface area contributed by atoms with Gasteiger partial charge in [0.1, 0.15) is 17.3 Å². The van der Waals surface area contributed by atoms with E-state index in [2.05, 4.69) is 25.8 Å². The van der Waals surface area contributed by atoms with E-state index in [1.165, 1.54) is 6.07 Å². The third-order valence-electron chi connectivity index (χ3n) is 5.65. The lowest BCUT2D eigenvalue weighted by molar-refractivity contribution is -0.119. The Bertz CT molecular complexity index is 1540. The highest BCUT2D eigenvalue weighted by atomic mass is 19.1. The minimum atomic E-state index is -0.587. The number of aromatic amines is 1. The standard InChI is InChI=1S/C28H29FN6O3/c1-16-9-18(11-26(36)34-19(13-30)14-32-28(2,3)4)22(29)12-25(16)38-24-7-8-31-23-6-5-17(10-20(23)24)21-15-33-35-27(21)37/h5-10,12-15,30,32H,11H2,1-4H3,(H,34,36)(H2,33,35,37)/b19-14+,30-13?. The largest absolute Gasteiger partial charge is 0.492 e. The lowest BCUT2D eigenvalue weighted by Gasteiger charge is -2.19. The molecule has 2 heterocycles. The summed E-state index contributed by atoms with van der Waals surface area (Å²) in [5.74, 6) is -0.402. The monoisotopic (exact) mass is 516 g/mol. The number of H-pyrrole nitrogens is 1. The molecule has 2 aromatic heterocycles. The number of allylic oxidation sites excluding steroid dienone is 1. The Hall–Kier alpha value is -4.73. The van der Waals surface area contributed by atoms with E-state index < -0.39 is 11.7 Å². The number of nitrogens with zero attached hydrogens (tertiary/aromatic N) is 2. The molecule has 0 atom stereocenters. The first-order valence-electron chi connectivity index (χ1n) is 11.9. The molecule has 0 aliphatic rings. The van der Waals surface area contributed by atoms with Gasteiger partial charge in [-0.25, -0.2) is 4.39 Å². The van der Waals surface area contributed by atoms with Gasteiger partial charge in [0, 0.05) is 41.8 Å². The van der Waals surface area contributed by atoms with Crippen molar-refractivity contribution < 1.29 is 19.0 Å². The maximum absolute atomic E-state index is 15.0. The van der Waals surface area contributed by atoms with Crippen LogP contribution >= 0.6 is 0 Å². The first-order chi connectivity index (χ1) is 18.0. The number of nitrogens with one attached hydrogen (secondary N) is 4. The number of aromatic hydroxyl groups is 1. The van der Waals surface area contributed by atoms with Gasteiger partial charge in [-0.2, -0.15) is 0 Å². The Kier molecular flexibility index (Phi) is 7.43. The minimum Gasteiger partial charge on any atom is -0.492 e. The van der Waals surface area contributed by atoms with Crippen molar-refractivity contribution in [1.29, 1.82) is 5.41 Å². The number of ether oxygens (including phenoxy) is 1. The number of benzene rings is 2. The van der Waals surface area contributed by atoms with Crippen molar-refractivity contribution in [1.82, 2.24) is 25.8 Å². The zero-order valence-corrected chi connectivity index (χ0v) is 21.5. The molecular weight excluding hydrogens is 487 g/mol. The van der Waals surface area contributed by atoms with E-state index in [0.717, 1.165) is 6.21 Å². The second-order valence-corrected chi connectivity index (χ2v) is 9.84. The number of pyridine rings is 1. The summed E-state index contributed by atoms with van der Waals surface area (Å²) in [4.78, 5) is 16.9. The lowest BCUT2D eigenvalue weighted by Crippen LogP contribution is -2.34. The van der Waals surface area contributed by atoms with Crippen LogP contribution in [0.15, 0.2) is 60.7 Å². The second-order valence-electron chi connectivity index (χ2n) is 9.84. The van der Waals surface area contributed by atoms with Crippen molar-refractivity contribution in [2.45, 2.75) is 39.7 Å². The van der Waals surface area contributed by atoms with E-state index in [-0.39, 0.29) is 29.1 Å². The fourth-order valence-corrected chi connectivity index (χ4v) is 3.75. The fraction of sp³-hybridized carbons (Fsp3) is 0.214. The van der Waals surface area contributed by atoms with E-state index in [9.17, 15) is 9.90 Å². The Morgan fingerprint density at radius 2 is 2.00 bits per heavy atom. The molecule has 4 rings (SSSR count). The quantitative estimate of drug-likeness (QED) is 0.207. The summed E-state index contributed by atoms with van der Waals surface area (Å²) in [5, 5.41) is 30.2. The molecule has 0 radical (unpaired) electrons. The maximum atomic E-state index is 15.0. The first-order valence-corrected chi connectivity index (χ1v) is 11.9. The van der Waals surface area contributed by atoms with Crippen LogP contribution in [-0.2, 0) is 11.2 Å². The normalized spacial score (nSPS) is 11.9. The van der Waals surface area contributed by atoms with E-state index in [1.807, 2.05) is 32.9 Å². The van der Waals surface area contributed by atoms with Crippen molar-refractivity contribution in [3.63, 3.8) is 0 Å². The smallest absolute Gasteiger partial charge is 0.238 e. The first kappa shape index (κ1) is 26.3. The summed E-state index contributed by atoms with van der Waals surface area (Å²) in [5.41, 5.74) is 2.79. The van der Waals surface area contributed by atoms with Crippen molar-refractivity contribution in [2.24, 2.45) is 0 Å². The summed E-state index contributed by atoms with van der Waals surface area (Å²) in [7, 11) is 0. The molecule has 0 saturated carbocycles. The third-order valence-corrected chi connectivity index (χ3v) is 5.65. The van der Waals surface area contributed by atoms with Gasteiger partial charge in [0.05, 0.1) is 23.2 Å². The predicted octanol–water partition coefficient (Wildman–Crippen LogP) is 5.11. The second kappa shape index (κ2) is 10.7. The summed E-state index contributed by atoms with van der Waals surface area (Å²) in [6.45, 7) is 7.62. The molecule has 2 aromatic carbocycles. The van der Waals surface area contributed by atoms with Crippen LogP contribution in [0.25, 0.3) is 22.0 Å². The molecule has 4 aromatic rings. The Morgan fingerprint density at radius 1 is 1.21 bits per heavy atom. The van der Waals surface area contributed by atoms with Crippen LogP contribution in [0.4, 0.5) is 4.39 Å². The summed E-state index contributed by atoms with van der Waals surface area (Å²) in [6.07, 6.45) is 5.54. The highest BCUT2D eigenvalue weighted by molar-refractivity contribution is 5.90. The summed E-state index contributed by atoms with van der Waals surface area (Å²) < 4.78 is 21.1. The molecule has 1 amide bonds. The number of hydrogen-bond donors (Lipinski definition) is 5. The van der Waals surface area contributed by atoms with Gasteiger partial charge < -0.3 is 25.9 Å². The number of carbonyl (C=O) groups excluding carboxylic acids is 1. The molecule has 10 heteroatoms. The number of halogens is 1. The molecule has 0 aliphatic heterocycles. The highest BCUT2D eigenvalue weighted by Gasteiger charge is 2.16. The van der Waals surface area contributed by atoms with E-state index in [0.29, 0.717) is 39.1 Å². The Labute approximate surface area is 219 Å². The Morgan fingerprint density at radius 3 is 2.68 bits per heavy atom. The van der Waals surface area contributed by atoms with Crippen LogP contribution in [-0.4, -0.2) is 37.9 Å². The number of aromatic nitrogens is 3. The number of amides is 1. The molecule has 38 heavy (non-hydrogen) atoms. The molecule has 0 aliphatic carbocycles. The molecule has 0 fully saturated rings. The number of rotatable bonds is 8. The topological polar surface area (TPSA) is 136 Å². The van der Waals surface area contributed by atoms with Gasteiger partial charge in [-0.15, -0.1) is 5.10 Å². The van der Waals surface area contributed by atoms with E-state index >= 15 is 4.39 Å². The van der Waals surface area contributed by atoms with Crippen LogP contribution in [0.5, 0.6) is 17.4 Å². The van der Waals surface area contributed by atoms with E-state index in [4.69, 9.17) is 10.1 Å². The zero-order chi connectivity index (χ0) is 27.4. The molecule has 5 N–H and O–H groups in total. The molecule has 0 saturated heterocycles. The van der Waals surface area contributed by atoms with Gasteiger partial charge in [0.15, 0.2) is 0 Å². The van der Waals surface area contributed by atoms with Gasteiger partial charge in [0.25, 0.3) is 0 Å². The molecule has 9 nitrogen and oxygen atoms in total. The van der Waals surface area contributed by atoms with Crippen LogP contribution in [0.1, 0.15) is 31.9 Å². The van der Waals surface area contributed by atoms with Crippen molar-refractivity contribution >= 4 is 23.0 Å². The molecule has 196 valence electrons. The number of hydrogen-bond acceptors (Lipinski definition) is 7. The average molecular weight is 517 g/mol. The zero-order valence-electron chi connectivity index (χ0n) is 21.5. The average Bonchev–Trinajstić information content (AvgIpc) is 3.30. The third kappa shape index (κ3) is 6.15. The summed E-state index contributed by atoms with van der Waals surface area (Å²) in [6, 6.07) is 9.93. The van der Waals surface area contributed by atoms with Gasteiger partial charge in [-0.3, -0.25) is 14.9 Å². The van der Waals surface area contributed by atoms with Crippen molar-refractivity contribution in [2.75, 3.05) is 0 Å². The van der Waals surface area contributed by atoms with Crippen molar-refractivity contribution in [3.05, 3.63) is 77.6 Å². The molecule has 0 unspecified atom stereocenters. The van der Waals surface area contributed by atoms with Crippen LogP contribution in [0.3, 0.4) is 0 Å². The molecule has 0 bridgehead atoms. The number of carbonyl (C=O) groups is 1. The maximum Gasteiger partial charge on any atom is 0.238 e. The SMILES string of the molecule is Cc1cc(CC(=O)N/C(C=N)=C/NC(C)(C)C)c(F)cc1Oc1ccnc2ccc(-c3c[nH]nc3O)cc12. The molecule has 0 spiro atoms. The highest BCUT2D eigenvalue weighted by Crippen LogP contribution is 2.35. The van der Waals surface area contributed by atoms with Crippen LogP contribution in [0, 0.1) is 18.2 Å². The van der Waals surface area contributed by atoms with Gasteiger partial charge in [-0.1, -0.05) is 6.07 Å². The number of aryl methyl sites for hydroxylation is 1. The summed E-state index contributed by atoms with van der Waals surface area (Å²) >= 11 is 0. The molecular formula is C28H29FN6O3. The lowest BCUT2D eigenvalue weighted by atomic mass is 10.0. The van der Waals surface area contributed by atoms with E-state index in [1.54, 1.807) is 43.7 Å². The minimum absolute atomic E-state index is 0.123. The van der Waals surface area contributed by atoms with Gasteiger partial charge in [0.2, 0.25) is 11.8 Å². The van der Waals surface area contributed by atoms with Crippen LogP contribution < -0.4 is 15.4 Å². The van der Waals surface area contributed by atoms with Gasteiger partial charge in [-0.05, 0) is 68.7 Å². The Balaban J connectivity index is 1.55. The number of fused-ring (bicyclic) bond motifs is 1. The van der Waals surface area contributed by atoms with Gasteiger partial charge >= 0.3 is 0 Å². The van der Waals surface area contributed by atoms with Crippen LogP contribution in [0.2, 0.25) is 0 Å². The fourth-order valence-electron chi connectivity index (χ4n) is 3.75.